The van der Waals surface area contributed by atoms with E-state index >= 15 is 0 Å². The summed E-state index contributed by atoms with van der Waals surface area (Å²) in [6, 6.07) is 14.7. The zero-order chi connectivity index (χ0) is 19.7. The van der Waals surface area contributed by atoms with E-state index in [0.29, 0.717) is 28.5 Å². The number of fused-ring (bicyclic) bond motifs is 1. The number of nitrogens with one attached hydrogen (secondary N) is 1. The highest BCUT2D eigenvalue weighted by atomic mass is 16.2. The van der Waals surface area contributed by atoms with Crippen molar-refractivity contribution in [2.75, 3.05) is 5.32 Å². The van der Waals surface area contributed by atoms with E-state index in [1.807, 2.05) is 43.3 Å². The van der Waals surface area contributed by atoms with Crippen LogP contribution in [0.5, 0.6) is 0 Å². The van der Waals surface area contributed by atoms with Gasteiger partial charge in [-0.1, -0.05) is 18.2 Å². The fourth-order valence-corrected chi connectivity index (χ4v) is 3.01. The molecular formula is C20H18N6O2. The van der Waals surface area contributed by atoms with Crippen molar-refractivity contribution in [2.24, 2.45) is 0 Å². The fourth-order valence-electron chi connectivity index (χ4n) is 3.01. The number of hydrogen-bond donors (Lipinski definition) is 1. The molecule has 1 N–H and O–H groups in total. The van der Waals surface area contributed by atoms with Gasteiger partial charge in [0.05, 0.1) is 11.4 Å². The van der Waals surface area contributed by atoms with Crippen molar-refractivity contribution in [1.82, 2.24) is 24.1 Å². The number of aryl methyl sites for hydroxylation is 2. The second kappa shape index (κ2) is 7.07. The van der Waals surface area contributed by atoms with E-state index in [4.69, 9.17) is 0 Å². The Labute approximate surface area is 160 Å². The second-order valence-corrected chi connectivity index (χ2v) is 6.46. The van der Waals surface area contributed by atoms with Gasteiger partial charge in [-0.25, -0.2) is 18.9 Å². The quantitative estimate of drug-likeness (QED) is 0.591. The maximum absolute atomic E-state index is 12.7. The lowest BCUT2D eigenvalue weighted by Gasteiger charge is -2.05. The Morgan fingerprint density at radius 1 is 1.07 bits per heavy atom. The molecule has 0 atom stereocenters. The SMILES string of the molecule is Cc1cccc(NC(=O)Cn2nc3cc(-c4ccccn4)nc(C)n3c2=O)c1. The predicted octanol–water partition coefficient (Wildman–Crippen LogP) is 2.21. The number of carbonyl (C=O) groups excluding carboxylic acids is 1. The number of nitrogens with zero attached hydrogens (tertiary/aromatic N) is 5. The van der Waals surface area contributed by atoms with Gasteiger partial charge in [0.15, 0.2) is 5.65 Å². The Bertz CT molecular complexity index is 1230. The van der Waals surface area contributed by atoms with Crippen LogP contribution in [0.2, 0.25) is 0 Å². The van der Waals surface area contributed by atoms with Crippen molar-refractivity contribution in [2.45, 2.75) is 20.4 Å². The normalized spacial score (nSPS) is 10.9. The Morgan fingerprint density at radius 3 is 2.68 bits per heavy atom. The molecule has 0 saturated heterocycles. The molecule has 0 spiro atoms. The lowest BCUT2D eigenvalue weighted by atomic mass is 10.2. The van der Waals surface area contributed by atoms with Crippen molar-refractivity contribution in [3.05, 3.63) is 76.6 Å². The smallest absolute Gasteiger partial charge is 0.324 e. The van der Waals surface area contributed by atoms with Gasteiger partial charge < -0.3 is 5.32 Å². The molecule has 0 fully saturated rings. The third-order valence-electron chi connectivity index (χ3n) is 4.26. The molecule has 8 heteroatoms. The third kappa shape index (κ3) is 3.39. The summed E-state index contributed by atoms with van der Waals surface area (Å²) < 4.78 is 2.52. The standard InChI is InChI=1S/C20H18N6O2/c1-13-6-5-7-15(10-13)23-19(27)12-25-20(28)26-14(2)22-17(11-18(26)24-25)16-8-3-4-9-21-16/h3-11H,12H2,1-2H3,(H,23,27). The minimum absolute atomic E-state index is 0.188. The average molecular weight is 374 g/mol. The van der Waals surface area contributed by atoms with E-state index in [-0.39, 0.29) is 12.5 Å². The van der Waals surface area contributed by atoms with Crippen LogP contribution in [0.3, 0.4) is 0 Å². The molecule has 0 aliphatic heterocycles. The van der Waals surface area contributed by atoms with Crippen molar-refractivity contribution >= 4 is 17.2 Å². The Balaban J connectivity index is 1.65. The van der Waals surface area contributed by atoms with Crippen molar-refractivity contribution in [3.63, 3.8) is 0 Å². The molecule has 3 aromatic heterocycles. The first-order valence-electron chi connectivity index (χ1n) is 8.76. The number of benzene rings is 1. The van der Waals surface area contributed by atoms with Crippen molar-refractivity contribution in [1.29, 1.82) is 0 Å². The summed E-state index contributed by atoms with van der Waals surface area (Å²) in [5.41, 5.74) is 3.02. The summed E-state index contributed by atoms with van der Waals surface area (Å²) in [5.74, 6) is 0.153. The predicted molar refractivity (Wildman–Crippen MR) is 105 cm³/mol. The first-order valence-corrected chi connectivity index (χ1v) is 8.76. The molecule has 0 saturated carbocycles. The largest absolute Gasteiger partial charge is 0.352 e. The average Bonchev–Trinajstić information content (AvgIpc) is 2.98. The number of pyridine rings is 1. The Morgan fingerprint density at radius 2 is 1.93 bits per heavy atom. The minimum atomic E-state index is -0.410. The van der Waals surface area contributed by atoms with Gasteiger partial charge in [0.25, 0.3) is 0 Å². The van der Waals surface area contributed by atoms with E-state index in [0.717, 1.165) is 10.2 Å². The van der Waals surface area contributed by atoms with Crippen LogP contribution in [-0.2, 0) is 11.3 Å². The van der Waals surface area contributed by atoms with Crippen LogP contribution in [-0.4, -0.2) is 30.1 Å². The molecule has 8 nitrogen and oxygen atoms in total. The van der Waals surface area contributed by atoms with Crippen LogP contribution in [0.25, 0.3) is 17.0 Å². The van der Waals surface area contributed by atoms with Crippen LogP contribution in [0, 0.1) is 13.8 Å². The molecule has 0 bridgehead atoms. The molecule has 1 amide bonds. The highest BCUT2D eigenvalue weighted by molar-refractivity contribution is 5.90. The number of amides is 1. The van der Waals surface area contributed by atoms with Crippen LogP contribution < -0.4 is 11.0 Å². The minimum Gasteiger partial charge on any atom is -0.324 e. The van der Waals surface area contributed by atoms with E-state index in [9.17, 15) is 9.59 Å². The summed E-state index contributed by atoms with van der Waals surface area (Å²) in [4.78, 5) is 33.7. The van der Waals surface area contributed by atoms with Crippen molar-refractivity contribution in [3.8, 4) is 11.4 Å². The summed E-state index contributed by atoms with van der Waals surface area (Å²) >= 11 is 0. The molecule has 0 unspecified atom stereocenters. The molecule has 4 aromatic rings. The van der Waals surface area contributed by atoms with Gasteiger partial charge in [0, 0.05) is 18.0 Å². The van der Waals surface area contributed by atoms with E-state index in [2.05, 4.69) is 20.4 Å². The van der Waals surface area contributed by atoms with Gasteiger partial charge in [0.2, 0.25) is 5.91 Å². The summed E-state index contributed by atoms with van der Waals surface area (Å²) in [6.07, 6.45) is 1.68. The Hall–Kier alpha value is -3.81. The topological polar surface area (TPSA) is 94.2 Å². The fraction of sp³-hybridized carbons (Fsp3) is 0.150. The molecule has 140 valence electrons. The third-order valence-corrected chi connectivity index (χ3v) is 4.26. The first-order chi connectivity index (χ1) is 13.5. The summed E-state index contributed by atoms with van der Waals surface area (Å²) in [5, 5.41) is 7.08. The van der Waals surface area contributed by atoms with Gasteiger partial charge >= 0.3 is 5.69 Å². The molecule has 4 rings (SSSR count). The van der Waals surface area contributed by atoms with E-state index < -0.39 is 5.69 Å². The highest BCUT2D eigenvalue weighted by Crippen LogP contribution is 2.15. The van der Waals surface area contributed by atoms with Crippen LogP contribution >= 0.6 is 0 Å². The molecule has 1 aromatic carbocycles. The zero-order valence-electron chi connectivity index (χ0n) is 15.5. The molecule has 28 heavy (non-hydrogen) atoms. The highest BCUT2D eigenvalue weighted by Gasteiger charge is 2.15. The number of aromatic nitrogens is 5. The van der Waals surface area contributed by atoms with Crippen molar-refractivity contribution < 1.29 is 4.79 Å². The number of hydrogen-bond acceptors (Lipinski definition) is 5. The second-order valence-electron chi connectivity index (χ2n) is 6.46. The van der Waals surface area contributed by atoms with E-state index in [1.165, 1.54) is 4.40 Å². The van der Waals surface area contributed by atoms with Crippen LogP contribution in [0.15, 0.2) is 59.5 Å². The maximum atomic E-state index is 12.7. The van der Waals surface area contributed by atoms with Gasteiger partial charge in [-0.2, -0.15) is 0 Å². The molecular weight excluding hydrogens is 356 g/mol. The molecule has 0 radical (unpaired) electrons. The number of anilines is 1. The Kier molecular flexibility index (Phi) is 4.44. The first kappa shape index (κ1) is 17.6. The zero-order valence-corrected chi connectivity index (χ0v) is 15.5. The molecule has 0 aliphatic carbocycles. The van der Waals surface area contributed by atoms with Gasteiger partial charge in [-0.15, -0.1) is 5.10 Å². The molecule has 0 aliphatic rings. The summed E-state index contributed by atoms with van der Waals surface area (Å²) in [6.45, 7) is 3.48. The van der Waals surface area contributed by atoms with Crippen LogP contribution in [0.1, 0.15) is 11.4 Å². The lowest BCUT2D eigenvalue weighted by Crippen LogP contribution is -2.28. The maximum Gasteiger partial charge on any atom is 0.352 e. The molecule has 3 heterocycles. The van der Waals surface area contributed by atoms with Gasteiger partial charge in [-0.3, -0.25) is 9.78 Å². The summed E-state index contributed by atoms with van der Waals surface area (Å²) in [7, 11) is 0. The number of carbonyl (C=O) groups is 1. The lowest BCUT2D eigenvalue weighted by molar-refractivity contribution is -0.117. The van der Waals surface area contributed by atoms with Crippen LogP contribution in [0.4, 0.5) is 5.69 Å². The van der Waals surface area contributed by atoms with Gasteiger partial charge in [0.1, 0.15) is 12.4 Å². The van der Waals surface area contributed by atoms with E-state index in [1.54, 1.807) is 25.3 Å². The number of rotatable bonds is 4. The van der Waals surface area contributed by atoms with Gasteiger partial charge in [-0.05, 0) is 43.7 Å². The monoisotopic (exact) mass is 374 g/mol.